The van der Waals surface area contributed by atoms with Gasteiger partial charge in [-0.3, -0.25) is 14.4 Å². The van der Waals surface area contributed by atoms with Crippen LogP contribution in [-0.4, -0.2) is 28.0 Å². The summed E-state index contributed by atoms with van der Waals surface area (Å²) in [5.41, 5.74) is 1.48. The molecule has 138 valence electrons. The Morgan fingerprint density at radius 1 is 0.852 bits per heavy atom. The molecule has 0 aliphatic carbocycles. The first kappa shape index (κ1) is 18.8. The summed E-state index contributed by atoms with van der Waals surface area (Å²) in [4.78, 5) is 52.9. The summed E-state index contributed by atoms with van der Waals surface area (Å²) >= 11 is 1.20. The minimum atomic E-state index is -0.717. The van der Waals surface area contributed by atoms with Gasteiger partial charge in [-0.25, -0.2) is 4.79 Å². The van der Waals surface area contributed by atoms with Gasteiger partial charge in [-0.05, 0) is 24.1 Å². The maximum absolute atomic E-state index is 12.1. The third-order valence-electron chi connectivity index (χ3n) is 3.95. The van der Waals surface area contributed by atoms with Crippen LogP contribution in [0, 0.1) is 0 Å². The van der Waals surface area contributed by atoms with Crippen molar-refractivity contribution in [3.8, 4) is 0 Å². The molecule has 0 saturated heterocycles. The number of hydrogen-bond donors (Lipinski definition) is 0. The van der Waals surface area contributed by atoms with E-state index < -0.39 is 17.8 Å². The average molecular weight is 383 g/mol. The summed E-state index contributed by atoms with van der Waals surface area (Å²) in [6.45, 7) is 0. The molecule has 0 atom stereocenters. The Morgan fingerprint density at radius 3 is 2.07 bits per heavy atom. The Kier molecular flexibility index (Phi) is 6.03. The number of benzene rings is 2. The first-order chi connectivity index (χ1) is 13.1. The van der Waals surface area contributed by atoms with Gasteiger partial charge in [0.25, 0.3) is 11.8 Å². The maximum Gasteiger partial charge on any atom is 0.333 e. The normalized spacial score (nSPS) is 12.8. The Bertz CT molecular complexity index is 846. The van der Waals surface area contributed by atoms with Gasteiger partial charge < -0.3 is 4.84 Å². The standard InChI is InChI=1S/C20H17NO5S/c22-17(11-6-12-18(23)27-13-14-7-2-1-3-8-14)26-21-19(24)15-9-4-5-10-16(15)20(21)25/h1-5,7-10H,6,11-13H2. The molecule has 2 aromatic rings. The van der Waals surface area contributed by atoms with E-state index in [0.29, 0.717) is 17.2 Å². The molecule has 2 aromatic carbocycles. The Morgan fingerprint density at radius 2 is 1.44 bits per heavy atom. The number of amides is 2. The quantitative estimate of drug-likeness (QED) is 0.682. The molecule has 2 amide bonds. The summed E-state index contributed by atoms with van der Waals surface area (Å²) in [6, 6.07) is 15.9. The number of thioether (sulfide) groups is 1. The topological polar surface area (TPSA) is 80.8 Å². The molecule has 0 unspecified atom stereocenters. The third kappa shape index (κ3) is 4.62. The van der Waals surface area contributed by atoms with E-state index in [1.807, 2.05) is 30.3 Å². The van der Waals surface area contributed by atoms with E-state index in [-0.39, 0.29) is 29.1 Å². The predicted molar refractivity (Wildman–Crippen MR) is 99.6 cm³/mol. The minimum absolute atomic E-state index is 0.0209. The molecule has 1 aliphatic heterocycles. The summed E-state index contributed by atoms with van der Waals surface area (Å²) in [7, 11) is 0. The lowest BCUT2D eigenvalue weighted by molar-refractivity contribution is -0.168. The van der Waals surface area contributed by atoms with Crippen molar-refractivity contribution in [1.82, 2.24) is 5.06 Å². The van der Waals surface area contributed by atoms with Gasteiger partial charge in [0.2, 0.25) is 0 Å². The molecule has 6 nitrogen and oxygen atoms in total. The van der Waals surface area contributed by atoms with Crippen molar-refractivity contribution in [3.63, 3.8) is 0 Å². The van der Waals surface area contributed by atoms with Gasteiger partial charge in [-0.15, -0.1) is 0 Å². The molecule has 0 bridgehead atoms. The van der Waals surface area contributed by atoms with Gasteiger partial charge in [-0.1, -0.05) is 59.3 Å². The second kappa shape index (κ2) is 8.64. The van der Waals surface area contributed by atoms with Gasteiger partial charge in [0.05, 0.1) is 11.1 Å². The zero-order valence-electron chi connectivity index (χ0n) is 14.4. The van der Waals surface area contributed by atoms with Gasteiger partial charge in [0.1, 0.15) is 0 Å². The van der Waals surface area contributed by atoms with Crippen LogP contribution < -0.4 is 0 Å². The summed E-state index contributed by atoms with van der Waals surface area (Å²) in [5, 5.41) is 0.464. The van der Waals surface area contributed by atoms with Gasteiger partial charge in [0, 0.05) is 18.6 Å². The highest BCUT2D eigenvalue weighted by atomic mass is 32.2. The molecule has 0 fully saturated rings. The molecular formula is C20H17NO5S. The second-order valence-corrected chi connectivity index (χ2v) is 6.95. The fourth-order valence-corrected chi connectivity index (χ4v) is 3.39. The van der Waals surface area contributed by atoms with E-state index in [0.717, 1.165) is 5.56 Å². The lowest BCUT2D eigenvalue weighted by atomic mass is 10.1. The molecule has 1 heterocycles. The van der Waals surface area contributed by atoms with Gasteiger partial charge in [0.15, 0.2) is 5.12 Å². The van der Waals surface area contributed by atoms with E-state index in [4.69, 9.17) is 4.84 Å². The average Bonchev–Trinajstić information content (AvgIpc) is 2.92. The van der Waals surface area contributed by atoms with Crippen LogP contribution in [0.3, 0.4) is 0 Å². The Balaban J connectivity index is 1.41. The van der Waals surface area contributed by atoms with Crippen molar-refractivity contribution in [2.24, 2.45) is 0 Å². The number of hydroxylamine groups is 2. The first-order valence-electron chi connectivity index (χ1n) is 8.44. The van der Waals surface area contributed by atoms with Crippen molar-refractivity contribution in [3.05, 3.63) is 71.3 Å². The van der Waals surface area contributed by atoms with Crippen molar-refractivity contribution in [2.75, 3.05) is 0 Å². The van der Waals surface area contributed by atoms with Crippen LogP contribution in [0.5, 0.6) is 0 Å². The highest BCUT2D eigenvalue weighted by molar-refractivity contribution is 8.12. The number of rotatable bonds is 7. The Hall–Kier alpha value is -2.93. The molecule has 0 N–H and O–H groups in total. The number of carbonyl (C=O) groups is 4. The molecule has 0 saturated carbocycles. The van der Waals surface area contributed by atoms with E-state index in [9.17, 15) is 19.2 Å². The zero-order chi connectivity index (χ0) is 19.2. The Labute approximate surface area is 160 Å². The fourth-order valence-electron chi connectivity index (χ4n) is 2.58. The second-order valence-electron chi connectivity index (χ2n) is 5.91. The van der Waals surface area contributed by atoms with Gasteiger partial charge >= 0.3 is 5.97 Å². The number of carbonyl (C=O) groups excluding carboxylic acids is 4. The monoisotopic (exact) mass is 383 g/mol. The maximum atomic E-state index is 12.1. The molecule has 27 heavy (non-hydrogen) atoms. The van der Waals surface area contributed by atoms with E-state index in [1.54, 1.807) is 12.1 Å². The van der Waals surface area contributed by atoms with Crippen molar-refractivity contribution < 1.29 is 24.0 Å². The van der Waals surface area contributed by atoms with E-state index in [2.05, 4.69) is 0 Å². The molecule has 0 spiro atoms. The SMILES string of the molecule is O=C(CCCC(=O)SCc1ccccc1)ON1C(=O)c2ccccc2C1=O. The molecule has 0 aromatic heterocycles. The predicted octanol–water partition coefficient (Wildman–Crippen LogP) is 3.37. The minimum Gasteiger partial charge on any atom is -0.330 e. The molecule has 1 aliphatic rings. The molecule has 0 radical (unpaired) electrons. The van der Waals surface area contributed by atoms with Crippen LogP contribution in [0.1, 0.15) is 45.5 Å². The molecule has 7 heteroatoms. The summed E-state index contributed by atoms with van der Waals surface area (Å²) in [5.74, 6) is -1.44. The fraction of sp³-hybridized carbons (Fsp3) is 0.200. The van der Waals surface area contributed by atoms with Crippen molar-refractivity contribution in [1.29, 1.82) is 0 Å². The summed E-state index contributed by atoms with van der Waals surface area (Å²) < 4.78 is 0. The molecule has 3 rings (SSSR count). The number of fused-ring (bicyclic) bond motifs is 1. The largest absolute Gasteiger partial charge is 0.333 e. The van der Waals surface area contributed by atoms with Crippen LogP contribution in [0.25, 0.3) is 0 Å². The summed E-state index contributed by atoms with van der Waals surface area (Å²) in [6.07, 6.45) is 0.461. The number of nitrogens with zero attached hydrogens (tertiary/aromatic N) is 1. The third-order valence-corrected chi connectivity index (χ3v) is 4.96. The smallest absolute Gasteiger partial charge is 0.330 e. The van der Waals surface area contributed by atoms with Crippen molar-refractivity contribution >= 4 is 34.7 Å². The highest BCUT2D eigenvalue weighted by Gasteiger charge is 2.38. The molecular weight excluding hydrogens is 366 g/mol. The van der Waals surface area contributed by atoms with Crippen molar-refractivity contribution in [2.45, 2.75) is 25.0 Å². The lowest BCUT2D eigenvalue weighted by Gasteiger charge is -2.12. The van der Waals surface area contributed by atoms with E-state index >= 15 is 0 Å². The lowest BCUT2D eigenvalue weighted by Crippen LogP contribution is -2.32. The number of hydrogen-bond acceptors (Lipinski definition) is 6. The highest BCUT2D eigenvalue weighted by Crippen LogP contribution is 2.23. The van der Waals surface area contributed by atoms with Crippen LogP contribution in [0.2, 0.25) is 0 Å². The van der Waals surface area contributed by atoms with Gasteiger partial charge in [-0.2, -0.15) is 0 Å². The van der Waals surface area contributed by atoms with Crippen LogP contribution in [0.4, 0.5) is 0 Å². The first-order valence-corrected chi connectivity index (χ1v) is 9.43. The van der Waals surface area contributed by atoms with Crippen LogP contribution in [-0.2, 0) is 20.2 Å². The van der Waals surface area contributed by atoms with Crippen LogP contribution in [0.15, 0.2) is 54.6 Å². The van der Waals surface area contributed by atoms with E-state index in [1.165, 1.54) is 23.9 Å². The zero-order valence-corrected chi connectivity index (χ0v) is 15.2. The number of imide groups is 1. The van der Waals surface area contributed by atoms with Crippen LogP contribution >= 0.6 is 11.8 Å².